The fourth-order valence-electron chi connectivity index (χ4n) is 3.06. The van der Waals surface area contributed by atoms with Gasteiger partial charge in [0.05, 0.1) is 10.6 Å². The molecule has 0 amide bonds. The van der Waals surface area contributed by atoms with Gasteiger partial charge in [-0.2, -0.15) is 0 Å². The van der Waals surface area contributed by atoms with Gasteiger partial charge in [0.2, 0.25) is 0 Å². The summed E-state index contributed by atoms with van der Waals surface area (Å²) >= 11 is 1.73. The number of fused-ring (bicyclic) bond motifs is 1. The predicted molar refractivity (Wildman–Crippen MR) is 86.3 cm³/mol. The van der Waals surface area contributed by atoms with Crippen LogP contribution in [0.4, 0.5) is 11.4 Å². The molecule has 21 heavy (non-hydrogen) atoms. The fourth-order valence-corrected chi connectivity index (χ4v) is 4.14. The number of nitro groups is 1. The van der Waals surface area contributed by atoms with Crippen molar-refractivity contribution in [3.05, 3.63) is 28.3 Å². The van der Waals surface area contributed by atoms with Crippen molar-refractivity contribution in [3.63, 3.8) is 0 Å². The van der Waals surface area contributed by atoms with E-state index in [0.29, 0.717) is 0 Å². The van der Waals surface area contributed by atoms with E-state index in [2.05, 4.69) is 9.80 Å². The van der Waals surface area contributed by atoms with Crippen molar-refractivity contribution in [2.24, 2.45) is 0 Å². The Kier molecular flexibility index (Phi) is 4.65. The largest absolute Gasteiger partial charge is 0.368 e. The zero-order valence-electron chi connectivity index (χ0n) is 12.2. The number of non-ortho nitro benzene ring substituents is 1. The molecule has 2 heterocycles. The van der Waals surface area contributed by atoms with Gasteiger partial charge in [-0.05, 0) is 32.0 Å². The summed E-state index contributed by atoms with van der Waals surface area (Å²) < 4.78 is 0. The third kappa shape index (κ3) is 3.49. The van der Waals surface area contributed by atoms with Gasteiger partial charge in [0, 0.05) is 42.4 Å². The highest BCUT2D eigenvalue weighted by molar-refractivity contribution is 7.99. The molecule has 0 radical (unpaired) electrons. The second kappa shape index (κ2) is 6.66. The summed E-state index contributed by atoms with van der Waals surface area (Å²) in [5.74, 6) is 1.01. The number of hydrogen-bond donors (Lipinski definition) is 0. The number of nitrogens with zero attached hydrogens (tertiary/aromatic N) is 3. The zero-order chi connectivity index (χ0) is 14.7. The van der Waals surface area contributed by atoms with E-state index in [0.717, 1.165) is 36.0 Å². The summed E-state index contributed by atoms with van der Waals surface area (Å²) in [5, 5.41) is 10.9. The highest BCUT2D eigenvalue weighted by Crippen LogP contribution is 2.37. The average Bonchev–Trinajstić information content (AvgIpc) is 2.53. The van der Waals surface area contributed by atoms with Crippen molar-refractivity contribution >= 4 is 23.1 Å². The molecule has 114 valence electrons. The third-order valence-electron chi connectivity index (χ3n) is 4.25. The van der Waals surface area contributed by atoms with E-state index in [4.69, 9.17) is 0 Å². The highest BCUT2D eigenvalue weighted by atomic mass is 32.2. The van der Waals surface area contributed by atoms with Crippen LogP contribution in [-0.4, -0.2) is 48.3 Å². The molecule has 1 saturated heterocycles. The minimum absolute atomic E-state index is 0.194. The van der Waals surface area contributed by atoms with Crippen molar-refractivity contribution < 1.29 is 4.92 Å². The number of piperidine rings is 1. The first-order chi connectivity index (χ1) is 10.2. The van der Waals surface area contributed by atoms with Gasteiger partial charge in [-0.3, -0.25) is 10.1 Å². The van der Waals surface area contributed by atoms with Crippen LogP contribution in [0.1, 0.15) is 19.3 Å². The molecule has 0 atom stereocenters. The monoisotopic (exact) mass is 307 g/mol. The summed E-state index contributed by atoms with van der Waals surface area (Å²) in [4.78, 5) is 16.5. The Hall–Kier alpha value is -1.27. The van der Waals surface area contributed by atoms with Gasteiger partial charge >= 0.3 is 0 Å². The van der Waals surface area contributed by atoms with Gasteiger partial charge in [0.15, 0.2) is 0 Å². The molecule has 2 aliphatic heterocycles. The Balaban J connectivity index is 1.67. The van der Waals surface area contributed by atoms with Crippen molar-refractivity contribution in [1.82, 2.24) is 4.90 Å². The molecule has 0 saturated carbocycles. The van der Waals surface area contributed by atoms with E-state index >= 15 is 0 Å². The third-order valence-corrected chi connectivity index (χ3v) is 5.27. The smallest absolute Gasteiger partial charge is 0.270 e. The summed E-state index contributed by atoms with van der Waals surface area (Å²) in [6.07, 6.45) is 4.00. The van der Waals surface area contributed by atoms with Crippen LogP contribution in [0.15, 0.2) is 23.1 Å². The minimum atomic E-state index is -0.312. The first-order valence-electron chi connectivity index (χ1n) is 7.62. The number of likely N-dealkylation sites (tertiary alicyclic amines) is 1. The molecular weight excluding hydrogens is 286 g/mol. The van der Waals surface area contributed by atoms with E-state index in [1.165, 1.54) is 32.4 Å². The molecule has 0 N–H and O–H groups in total. The SMILES string of the molecule is O=[N+]([O-])c1ccc2c(c1)SCCN2CCN1CCCCC1. The molecule has 0 unspecified atom stereocenters. The van der Waals surface area contributed by atoms with Crippen LogP contribution in [0.3, 0.4) is 0 Å². The molecule has 1 fully saturated rings. The Morgan fingerprint density at radius 1 is 1.14 bits per heavy atom. The second-order valence-electron chi connectivity index (χ2n) is 5.65. The Morgan fingerprint density at radius 3 is 2.71 bits per heavy atom. The maximum atomic E-state index is 10.9. The van der Waals surface area contributed by atoms with E-state index in [1.54, 1.807) is 23.9 Å². The summed E-state index contributed by atoms with van der Waals surface area (Å²) in [7, 11) is 0. The Bertz CT molecular complexity index is 518. The van der Waals surface area contributed by atoms with Gasteiger partial charge in [-0.15, -0.1) is 11.8 Å². The molecule has 6 heteroatoms. The molecule has 2 aliphatic rings. The Labute approximate surface area is 129 Å². The van der Waals surface area contributed by atoms with Crippen LogP contribution >= 0.6 is 11.8 Å². The van der Waals surface area contributed by atoms with Gasteiger partial charge < -0.3 is 9.80 Å². The first-order valence-corrected chi connectivity index (χ1v) is 8.61. The van der Waals surface area contributed by atoms with Crippen molar-refractivity contribution in [3.8, 4) is 0 Å². The molecule has 5 nitrogen and oxygen atoms in total. The second-order valence-corrected chi connectivity index (χ2v) is 6.78. The molecule has 0 aliphatic carbocycles. The lowest BCUT2D eigenvalue weighted by Gasteiger charge is -2.34. The maximum absolute atomic E-state index is 10.9. The summed E-state index contributed by atoms with van der Waals surface area (Å²) in [6, 6.07) is 5.25. The molecule has 0 aromatic heterocycles. The van der Waals surface area contributed by atoms with Crippen LogP contribution < -0.4 is 4.90 Å². The number of anilines is 1. The van der Waals surface area contributed by atoms with E-state index in [-0.39, 0.29) is 10.6 Å². The Morgan fingerprint density at radius 2 is 1.95 bits per heavy atom. The molecular formula is C15H21N3O2S. The van der Waals surface area contributed by atoms with Crippen molar-refractivity contribution in [1.29, 1.82) is 0 Å². The van der Waals surface area contributed by atoms with Gasteiger partial charge in [-0.25, -0.2) is 0 Å². The maximum Gasteiger partial charge on any atom is 0.270 e. The molecule has 0 spiro atoms. The lowest BCUT2D eigenvalue weighted by molar-refractivity contribution is -0.385. The summed E-state index contributed by atoms with van der Waals surface area (Å²) in [5.41, 5.74) is 1.35. The van der Waals surface area contributed by atoms with Gasteiger partial charge in [0.25, 0.3) is 5.69 Å². The van der Waals surface area contributed by atoms with Gasteiger partial charge in [0.1, 0.15) is 0 Å². The minimum Gasteiger partial charge on any atom is -0.368 e. The van der Waals surface area contributed by atoms with Gasteiger partial charge in [-0.1, -0.05) is 6.42 Å². The lowest BCUT2D eigenvalue weighted by Crippen LogP contribution is -2.39. The highest BCUT2D eigenvalue weighted by Gasteiger charge is 2.21. The zero-order valence-corrected chi connectivity index (χ0v) is 13.0. The van der Waals surface area contributed by atoms with Crippen LogP contribution in [-0.2, 0) is 0 Å². The quantitative estimate of drug-likeness (QED) is 0.632. The number of rotatable bonds is 4. The number of benzene rings is 1. The van der Waals surface area contributed by atoms with Crippen LogP contribution in [0, 0.1) is 10.1 Å². The topological polar surface area (TPSA) is 49.6 Å². The normalized spacial score (nSPS) is 19.3. The first kappa shape index (κ1) is 14.7. The average molecular weight is 307 g/mol. The van der Waals surface area contributed by atoms with Crippen LogP contribution in [0.5, 0.6) is 0 Å². The molecule has 1 aromatic carbocycles. The standard InChI is InChI=1S/C15H21N3O2S/c19-18(20)13-4-5-14-15(12-13)21-11-10-17(14)9-8-16-6-2-1-3-7-16/h4-5,12H,1-3,6-11H2. The number of thioether (sulfide) groups is 1. The molecule has 1 aromatic rings. The fraction of sp³-hybridized carbons (Fsp3) is 0.600. The van der Waals surface area contributed by atoms with E-state index in [1.807, 2.05) is 6.07 Å². The van der Waals surface area contributed by atoms with Crippen molar-refractivity contribution in [2.45, 2.75) is 24.2 Å². The van der Waals surface area contributed by atoms with E-state index < -0.39 is 0 Å². The molecule has 3 rings (SSSR count). The molecule has 0 bridgehead atoms. The van der Waals surface area contributed by atoms with Crippen LogP contribution in [0.2, 0.25) is 0 Å². The van der Waals surface area contributed by atoms with E-state index in [9.17, 15) is 10.1 Å². The predicted octanol–water partition coefficient (Wildman–Crippen LogP) is 2.99. The van der Waals surface area contributed by atoms with Crippen LogP contribution in [0.25, 0.3) is 0 Å². The number of hydrogen-bond acceptors (Lipinski definition) is 5. The summed E-state index contributed by atoms with van der Waals surface area (Å²) in [6.45, 7) is 5.58. The lowest BCUT2D eigenvalue weighted by atomic mass is 10.1. The van der Waals surface area contributed by atoms with Crippen molar-refractivity contribution in [2.75, 3.05) is 43.4 Å². The number of nitro benzene ring substituents is 1.